The van der Waals surface area contributed by atoms with Crippen LogP contribution >= 0.6 is 0 Å². The Bertz CT molecular complexity index is 1020. The summed E-state index contributed by atoms with van der Waals surface area (Å²) in [5.74, 6) is 0. The Kier molecular flexibility index (Phi) is 4.39. The van der Waals surface area contributed by atoms with Gasteiger partial charge in [0.05, 0.1) is 11.4 Å². The second-order valence-corrected chi connectivity index (χ2v) is 7.20. The fourth-order valence-corrected chi connectivity index (χ4v) is 3.42. The number of hydrogen-bond donors (Lipinski definition) is 0. The molecule has 0 spiro atoms. The van der Waals surface area contributed by atoms with Crippen molar-refractivity contribution in [3.8, 4) is 11.4 Å². The number of fused-ring (bicyclic) bond motifs is 10. The van der Waals surface area contributed by atoms with Crippen molar-refractivity contribution in [2.75, 3.05) is 0 Å². The quantitative estimate of drug-likeness (QED) is 0.322. The van der Waals surface area contributed by atoms with E-state index in [1.165, 1.54) is 0 Å². The molecule has 2 aromatic carbocycles. The number of nitrogens with zero attached hydrogens (tertiary/aromatic N) is 4. The molecule has 1 aliphatic heterocycles. The largest absolute Gasteiger partial charge is 2.00 e. The van der Waals surface area contributed by atoms with Crippen LogP contribution in [-0.2, 0) is 32.9 Å². The van der Waals surface area contributed by atoms with E-state index in [-0.39, 0.29) is 26.5 Å². The molecule has 0 unspecified atom stereocenters. The van der Waals surface area contributed by atoms with Gasteiger partial charge in [0, 0.05) is 18.8 Å². The van der Waals surface area contributed by atoms with Crippen LogP contribution in [0, 0.1) is 12.1 Å². The number of aromatic nitrogens is 4. The van der Waals surface area contributed by atoms with Gasteiger partial charge in [-0.1, -0.05) is 13.8 Å². The summed E-state index contributed by atoms with van der Waals surface area (Å²) in [6.45, 7) is 4.40. The van der Waals surface area contributed by atoms with Gasteiger partial charge in [-0.3, -0.25) is 9.36 Å². The van der Waals surface area contributed by atoms with E-state index < -0.39 is 0 Å². The van der Waals surface area contributed by atoms with E-state index in [0.29, 0.717) is 6.42 Å². The molecule has 0 aliphatic carbocycles. The molecule has 0 fully saturated rings. The number of hydrogen-bond acceptors (Lipinski definition) is 2. The Morgan fingerprint density at radius 2 is 1.26 bits per heavy atom. The Balaban J connectivity index is 0.00000180. The van der Waals surface area contributed by atoms with Crippen molar-refractivity contribution in [1.29, 1.82) is 0 Å². The summed E-state index contributed by atoms with van der Waals surface area (Å²) in [7, 11) is 0. The molecule has 0 radical (unpaired) electrons. The van der Waals surface area contributed by atoms with Gasteiger partial charge in [0.25, 0.3) is 0 Å². The van der Waals surface area contributed by atoms with E-state index in [4.69, 9.17) is 10.2 Å². The van der Waals surface area contributed by atoms with Crippen LogP contribution in [0.1, 0.15) is 36.4 Å². The molecule has 5 rings (SSSR count). The average molecular weight is 533 g/mol. The molecular formula is C22H18N4Pt. The van der Waals surface area contributed by atoms with Crippen LogP contribution in [0.25, 0.3) is 11.4 Å². The molecule has 0 saturated heterocycles. The first-order valence-electron chi connectivity index (χ1n) is 8.75. The predicted octanol–water partition coefficient (Wildman–Crippen LogP) is 3.89. The third kappa shape index (κ3) is 3.08. The predicted molar refractivity (Wildman–Crippen MR) is 99.7 cm³/mol. The first-order valence-corrected chi connectivity index (χ1v) is 8.75. The van der Waals surface area contributed by atoms with Gasteiger partial charge >= 0.3 is 21.1 Å². The summed E-state index contributed by atoms with van der Waals surface area (Å²) < 4.78 is 3.77. The fraction of sp³-hybridized carbons (Fsp3) is 0.182. The monoisotopic (exact) mass is 533 g/mol. The van der Waals surface area contributed by atoms with Gasteiger partial charge in [0.2, 0.25) is 0 Å². The van der Waals surface area contributed by atoms with Crippen LogP contribution in [0.3, 0.4) is 0 Å². The van der Waals surface area contributed by atoms with Gasteiger partial charge in [-0.05, 0) is 28.9 Å². The number of rotatable bonds is 0. The minimum Gasteiger partial charge on any atom is -0.265 e. The minimum atomic E-state index is -0.234. The first kappa shape index (κ1) is 17.9. The van der Waals surface area contributed by atoms with Crippen LogP contribution in [0.4, 0.5) is 0 Å². The molecule has 8 bridgehead atoms. The smallest absolute Gasteiger partial charge is 0.265 e. The molecule has 5 heteroatoms. The molecular weight excluding hydrogens is 515 g/mol. The van der Waals surface area contributed by atoms with Gasteiger partial charge in [-0.15, -0.1) is 12.1 Å². The topological polar surface area (TPSA) is 35.6 Å². The van der Waals surface area contributed by atoms with Crippen LogP contribution in [0.15, 0.2) is 60.9 Å². The van der Waals surface area contributed by atoms with Gasteiger partial charge in [-0.2, -0.15) is 57.7 Å². The molecule has 1 aliphatic rings. The molecule has 0 atom stereocenters. The van der Waals surface area contributed by atoms with Crippen LogP contribution in [-0.4, -0.2) is 19.6 Å². The third-order valence-corrected chi connectivity index (χ3v) is 5.05. The maximum absolute atomic E-state index is 4.71. The van der Waals surface area contributed by atoms with Crippen molar-refractivity contribution < 1.29 is 21.1 Å². The van der Waals surface area contributed by atoms with E-state index in [1.807, 2.05) is 46.0 Å². The zero-order valence-electron chi connectivity index (χ0n) is 15.1. The molecule has 0 amide bonds. The van der Waals surface area contributed by atoms with E-state index in [0.717, 1.165) is 33.9 Å². The van der Waals surface area contributed by atoms with E-state index >= 15 is 0 Å². The Hall–Kier alpha value is -2.45. The van der Waals surface area contributed by atoms with Crippen molar-refractivity contribution >= 4 is 0 Å². The van der Waals surface area contributed by atoms with Gasteiger partial charge in [0.1, 0.15) is 0 Å². The fourth-order valence-electron chi connectivity index (χ4n) is 3.42. The molecule has 0 saturated carbocycles. The normalized spacial score (nSPS) is 14.1. The van der Waals surface area contributed by atoms with Crippen molar-refractivity contribution in [3.63, 3.8) is 0 Å². The molecule has 27 heavy (non-hydrogen) atoms. The maximum Gasteiger partial charge on any atom is 2.00 e. The van der Waals surface area contributed by atoms with Crippen LogP contribution < -0.4 is 0 Å². The summed E-state index contributed by atoms with van der Waals surface area (Å²) in [6, 6.07) is 23.6. The van der Waals surface area contributed by atoms with Crippen LogP contribution in [0.2, 0.25) is 0 Å². The van der Waals surface area contributed by atoms with Gasteiger partial charge < -0.3 is 0 Å². The Labute approximate surface area is 173 Å². The van der Waals surface area contributed by atoms with E-state index in [2.05, 4.69) is 50.2 Å². The maximum atomic E-state index is 4.71. The Morgan fingerprint density at radius 1 is 0.778 bits per heavy atom. The summed E-state index contributed by atoms with van der Waals surface area (Å²) >= 11 is 0. The SMILES string of the molecule is CC1(C)c2[c-]c(ccc2)-n2ccc(n2)Cc2ccn(n2)-c2[c-]c1ccc2.[Pt+2]. The van der Waals surface area contributed by atoms with Crippen molar-refractivity contribution in [2.45, 2.75) is 25.7 Å². The molecule has 4 nitrogen and oxygen atoms in total. The second-order valence-electron chi connectivity index (χ2n) is 7.20. The molecule has 3 heterocycles. The summed E-state index contributed by atoms with van der Waals surface area (Å²) in [6.07, 6.45) is 4.67. The van der Waals surface area contributed by atoms with Crippen molar-refractivity contribution in [1.82, 2.24) is 19.6 Å². The van der Waals surface area contributed by atoms with Gasteiger partial charge in [0.15, 0.2) is 0 Å². The van der Waals surface area contributed by atoms with Crippen LogP contribution in [0.5, 0.6) is 0 Å². The number of benzene rings is 2. The molecule has 2 aromatic heterocycles. The zero-order valence-corrected chi connectivity index (χ0v) is 17.4. The second kappa shape index (κ2) is 6.61. The summed E-state index contributed by atoms with van der Waals surface area (Å²) in [5, 5.41) is 9.42. The van der Waals surface area contributed by atoms with Crippen molar-refractivity contribution in [2.24, 2.45) is 0 Å². The zero-order chi connectivity index (χ0) is 17.7. The summed E-state index contributed by atoms with van der Waals surface area (Å²) in [5.41, 5.74) is 5.85. The van der Waals surface area contributed by atoms with E-state index in [1.54, 1.807) is 0 Å². The third-order valence-electron chi connectivity index (χ3n) is 5.05. The van der Waals surface area contributed by atoms with Crippen molar-refractivity contribution in [3.05, 3.63) is 95.6 Å². The first-order chi connectivity index (χ1) is 12.6. The molecule has 0 N–H and O–H groups in total. The minimum absolute atomic E-state index is 0. The van der Waals surface area contributed by atoms with E-state index in [9.17, 15) is 0 Å². The molecule has 136 valence electrons. The average Bonchev–Trinajstić information content (AvgIpc) is 3.31. The Morgan fingerprint density at radius 3 is 1.74 bits per heavy atom. The standard InChI is InChI=1S/C22H18N4.Pt/c1-22(2)16-5-3-7-20(13-16)25-11-9-18(23-25)15-19-10-12-26(24-19)21-8-4-6-17(22)14-21;/h3-12H,15H2,1-2H3;/q-2;+2. The van der Waals surface area contributed by atoms with Gasteiger partial charge in [-0.25, -0.2) is 0 Å². The molecule has 4 aromatic rings. The summed E-state index contributed by atoms with van der Waals surface area (Å²) in [4.78, 5) is 0.